The van der Waals surface area contributed by atoms with Crippen LogP contribution in [0.4, 0.5) is 0 Å². The van der Waals surface area contributed by atoms with Crippen molar-refractivity contribution in [1.29, 1.82) is 0 Å². The first-order valence-electron chi connectivity index (χ1n) is 8.71. The second kappa shape index (κ2) is 7.84. The van der Waals surface area contributed by atoms with Gasteiger partial charge in [-0.1, -0.05) is 42.5 Å². The molecule has 1 heterocycles. The minimum atomic E-state index is 0.672. The summed E-state index contributed by atoms with van der Waals surface area (Å²) in [7, 11) is 0.944. The van der Waals surface area contributed by atoms with Gasteiger partial charge in [-0.25, -0.2) is 0 Å². The van der Waals surface area contributed by atoms with Crippen LogP contribution in [-0.2, 0) is 25.7 Å². The Hall–Kier alpha value is -1.26. The van der Waals surface area contributed by atoms with Crippen molar-refractivity contribution in [2.45, 2.75) is 51.4 Å². The molecule has 22 heavy (non-hydrogen) atoms. The first-order chi connectivity index (χ1) is 10.9. The van der Waals surface area contributed by atoms with Gasteiger partial charge in [0.15, 0.2) is 0 Å². The van der Waals surface area contributed by atoms with E-state index in [-0.39, 0.29) is 0 Å². The molecule has 0 amide bonds. The van der Waals surface area contributed by atoms with Crippen LogP contribution in [0.5, 0.6) is 0 Å². The molecule has 2 aliphatic rings. The van der Waals surface area contributed by atoms with Gasteiger partial charge in [-0.15, -0.1) is 14.8 Å². The molecule has 3 rings (SSSR count). The largest absolute Gasteiger partial charge is 0.132 e. The minimum Gasteiger partial charge on any atom is -0.132 e. The summed E-state index contributed by atoms with van der Waals surface area (Å²) in [6.45, 7) is 3.94. The molecule has 116 valence electrons. The molecule has 1 atom stereocenters. The molecule has 0 saturated heterocycles. The highest BCUT2D eigenvalue weighted by Gasteiger charge is 2.18. The molecule has 0 fully saturated rings. The quantitative estimate of drug-likeness (QED) is 0.546. The Morgan fingerprint density at radius 1 is 1.00 bits per heavy atom. The Bertz CT molecular complexity index is 586. The third-order valence-electron chi connectivity index (χ3n) is 4.83. The van der Waals surface area contributed by atoms with Crippen molar-refractivity contribution in [3.63, 3.8) is 0 Å². The summed E-state index contributed by atoms with van der Waals surface area (Å²) in [6, 6.07) is 0. The van der Waals surface area contributed by atoms with Crippen molar-refractivity contribution in [3.8, 4) is 0 Å². The summed E-state index contributed by atoms with van der Waals surface area (Å²) in [5.74, 6) is 0.672. The van der Waals surface area contributed by atoms with Crippen LogP contribution in [0.15, 0.2) is 49.1 Å². The van der Waals surface area contributed by atoms with Crippen molar-refractivity contribution in [1.82, 2.24) is 0 Å². The van der Waals surface area contributed by atoms with Gasteiger partial charge in [0.1, 0.15) is 0 Å². The van der Waals surface area contributed by atoms with Gasteiger partial charge in [0.05, 0.1) is 0 Å². The zero-order valence-electron chi connectivity index (χ0n) is 13.5. The highest BCUT2D eigenvalue weighted by atomic mass is 31.0. The average molecular weight is 310 g/mol. The maximum absolute atomic E-state index is 3.94. The summed E-state index contributed by atoms with van der Waals surface area (Å²) >= 11 is 0. The zero-order valence-corrected chi connectivity index (χ0v) is 14.5. The first-order valence-corrected chi connectivity index (χ1v) is 9.71. The highest BCUT2D eigenvalue weighted by molar-refractivity contribution is 7.32. The predicted molar refractivity (Wildman–Crippen MR) is 100 cm³/mol. The predicted octanol–water partition coefficient (Wildman–Crippen LogP) is 5.95. The number of allylic oxidation sites excluding steroid dienone is 7. The summed E-state index contributed by atoms with van der Waals surface area (Å²) in [5.41, 5.74) is 3.45. The van der Waals surface area contributed by atoms with Crippen LogP contribution in [0, 0.1) is 5.92 Å². The van der Waals surface area contributed by atoms with Crippen molar-refractivity contribution in [2.24, 2.45) is 5.92 Å². The van der Waals surface area contributed by atoms with E-state index in [0.717, 1.165) is 14.6 Å². The van der Waals surface area contributed by atoms with Crippen molar-refractivity contribution in [2.75, 3.05) is 0 Å². The first kappa shape index (κ1) is 15.6. The topological polar surface area (TPSA) is 0 Å². The van der Waals surface area contributed by atoms with E-state index in [4.69, 9.17) is 0 Å². The summed E-state index contributed by atoms with van der Waals surface area (Å²) in [6.07, 6.45) is 26.0. The van der Waals surface area contributed by atoms with Gasteiger partial charge < -0.3 is 0 Å². The lowest BCUT2D eigenvalue weighted by Crippen LogP contribution is -2.03. The maximum atomic E-state index is 3.94. The van der Waals surface area contributed by atoms with Crippen LogP contribution in [0.1, 0.15) is 47.4 Å². The number of fused-ring (bicyclic) bond motifs is 1. The lowest BCUT2D eigenvalue weighted by atomic mass is 9.91. The van der Waals surface area contributed by atoms with Crippen LogP contribution in [0.25, 0.3) is 0 Å². The monoisotopic (exact) mass is 310 g/mol. The standard InChI is InChI=1S/C21H27P/c1-2-10-20-18-14-8-9-15-19(18)21(22-20)16-5-3-4-11-17-12-6-7-13-17/h2-3,5-7,12-13,17,22H,1,4,8-11,14-16H2/b5-3+. The second-order valence-electron chi connectivity index (χ2n) is 6.43. The van der Waals surface area contributed by atoms with Gasteiger partial charge >= 0.3 is 0 Å². The van der Waals surface area contributed by atoms with Crippen LogP contribution < -0.4 is 0 Å². The van der Waals surface area contributed by atoms with Crippen LogP contribution >= 0.6 is 8.19 Å². The maximum Gasteiger partial charge on any atom is -0.00443 e. The third kappa shape index (κ3) is 3.73. The number of hydrogen-bond acceptors (Lipinski definition) is 0. The SMILES string of the molecule is C=CCc1[pH]c(C/C=C/CCC2C=CC=C2)c2c1CCCC2. The second-order valence-corrected chi connectivity index (χ2v) is 7.88. The van der Waals surface area contributed by atoms with E-state index in [9.17, 15) is 0 Å². The lowest BCUT2D eigenvalue weighted by molar-refractivity contribution is 0.682. The van der Waals surface area contributed by atoms with Gasteiger partial charge in [-0.2, -0.15) is 0 Å². The van der Waals surface area contributed by atoms with E-state index in [1.807, 2.05) is 0 Å². The normalized spacial score (nSPS) is 17.8. The minimum absolute atomic E-state index is 0.672. The lowest BCUT2D eigenvalue weighted by Gasteiger charge is -2.14. The summed E-state index contributed by atoms with van der Waals surface area (Å²) < 4.78 is 0. The van der Waals surface area contributed by atoms with E-state index >= 15 is 0 Å². The van der Waals surface area contributed by atoms with E-state index in [0.29, 0.717) is 5.92 Å². The van der Waals surface area contributed by atoms with Crippen molar-refractivity contribution >= 4 is 8.19 Å². The molecule has 0 bridgehead atoms. The highest BCUT2D eigenvalue weighted by Crippen LogP contribution is 2.38. The molecule has 0 aliphatic heterocycles. The fraction of sp³-hybridized carbons (Fsp3) is 0.429. The van der Waals surface area contributed by atoms with Crippen LogP contribution in [0.3, 0.4) is 0 Å². The van der Waals surface area contributed by atoms with E-state index < -0.39 is 0 Å². The molecule has 1 unspecified atom stereocenters. The molecule has 0 N–H and O–H groups in total. The molecule has 1 aromatic heterocycles. The third-order valence-corrected chi connectivity index (χ3v) is 6.45. The van der Waals surface area contributed by atoms with Crippen LogP contribution in [0.2, 0.25) is 0 Å². The Balaban J connectivity index is 1.58. The molecular formula is C21H27P. The van der Waals surface area contributed by atoms with Gasteiger partial charge in [0.2, 0.25) is 0 Å². The summed E-state index contributed by atoms with van der Waals surface area (Å²) in [5, 5.41) is 3.41. The fourth-order valence-corrected chi connectivity index (χ4v) is 5.36. The average Bonchev–Trinajstić information content (AvgIpc) is 3.17. The van der Waals surface area contributed by atoms with Gasteiger partial charge in [-0.05, 0) is 79.0 Å². The zero-order chi connectivity index (χ0) is 15.2. The smallest absolute Gasteiger partial charge is 0.00443 e. The Kier molecular flexibility index (Phi) is 5.57. The van der Waals surface area contributed by atoms with E-state index in [2.05, 4.69) is 49.1 Å². The molecule has 0 radical (unpaired) electrons. The number of hydrogen-bond donors (Lipinski definition) is 0. The number of rotatable bonds is 7. The molecule has 0 aromatic carbocycles. The molecular weight excluding hydrogens is 283 g/mol. The molecule has 2 aliphatic carbocycles. The molecule has 0 nitrogen and oxygen atoms in total. The summed E-state index contributed by atoms with van der Waals surface area (Å²) in [4.78, 5) is 0. The van der Waals surface area contributed by atoms with E-state index in [1.165, 1.54) is 44.9 Å². The van der Waals surface area contributed by atoms with Crippen LogP contribution in [-0.4, -0.2) is 0 Å². The van der Waals surface area contributed by atoms with Gasteiger partial charge in [-0.3, -0.25) is 0 Å². The van der Waals surface area contributed by atoms with Crippen molar-refractivity contribution in [3.05, 3.63) is 70.8 Å². The van der Waals surface area contributed by atoms with Gasteiger partial charge in [0.25, 0.3) is 0 Å². The Morgan fingerprint density at radius 3 is 2.36 bits per heavy atom. The Labute approximate surface area is 136 Å². The Morgan fingerprint density at radius 2 is 1.68 bits per heavy atom. The van der Waals surface area contributed by atoms with Gasteiger partial charge in [0, 0.05) is 0 Å². The molecule has 1 aromatic rings. The molecule has 1 heteroatoms. The van der Waals surface area contributed by atoms with E-state index in [1.54, 1.807) is 21.7 Å². The fourth-order valence-electron chi connectivity index (χ4n) is 3.68. The van der Waals surface area contributed by atoms with Crippen molar-refractivity contribution < 1.29 is 0 Å². The molecule has 0 spiro atoms. The molecule has 0 saturated carbocycles.